The number of hydrogen-bond donors (Lipinski definition) is 0. The summed E-state index contributed by atoms with van der Waals surface area (Å²) in [5, 5.41) is 0. The second-order valence-electron chi connectivity index (χ2n) is 7.91. The predicted molar refractivity (Wildman–Crippen MR) is 143 cm³/mol. The highest BCUT2D eigenvalue weighted by Crippen LogP contribution is 2.35. The minimum atomic E-state index is -0.375. The van der Waals surface area contributed by atoms with E-state index in [0.717, 1.165) is 28.9 Å². The van der Waals surface area contributed by atoms with Gasteiger partial charge in [-0.05, 0) is 70.7 Å². The molecule has 4 heteroatoms. The average Bonchev–Trinajstić information content (AvgIpc) is 2.92. The molecule has 176 valence electrons. The van der Waals surface area contributed by atoms with E-state index in [4.69, 9.17) is 21.1 Å². The van der Waals surface area contributed by atoms with Gasteiger partial charge < -0.3 is 9.47 Å². The van der Waals surface area contributed by atoms with Crippen molar-refractivity contribution >= 4 is 28.7 Å². The Hall–Kier alpha value is -3.82. The molecule has 0 N–H and O–H groups in total. The van der Waals surface area contributed by atoms with Crippen molar-refractivity contribution in [2.24, 2.45) is 0 Å². The maximum atomic E-state index is 12.4. The molecule has 0 aliphatic carbocycles. The van der Waals surface area contributed by atoms with Gasteiger partial charge in [0.05, 0.1) is 11.4 Å². The molecule has 0 aliphatic rings. The van der Waals surface area contributed by atoms with Crippen LogP contribution in [0.25, 0.3) is 11.1 Å². The second-order valence-corrected chi connectivity index (χ2v) is 8.29. The lowest BCUT2D eigenvalue weighted by Crippen LogP contribution is -2.08. The van der Waals surface area contributed by atoms with Gasteiger partial charge in [-0.3, -0.25) is 0 Å². The Morgan fingerprint density at radius 1 is 0.657 bits per heavy atom. The number of allylic oxidation sites excluding steroid dienone is 1. The molecule has 0 saturated heterocycles. The van der Waals surface area contributed by atoms with Crippen molar-refractivity contribution in [1.82, 2.24) is 0 Å². The van der Waals surface area contributed by atoms with Gasteiger partial charge in [0.2, 0.25) is 0 Å². The molecular weight excluding hydrogens is 456 g/mol. The number of alkyl halides is 1. The summed E-state index contributed by atoms with van der Waals surface area (Å²) in [4.78, 5) is 12.4. The zero-order chi connectivity index (χ0) is 24.5. The van der Waals surface area contributed by atoms with Crippen LogP contribution >= 0.6 is 11.6 Å². The molecule has 4 aromatic rings. The van der Waals surface area contributed by atoms with Gasteiger partial charge in [-0.15, -0.1) is 11.6 Å². The van der Waals surface area contributed by atoms with E-state index >= 15 is 0 Å². The van der Waals surface area contributed by atoms with E-state index in [2.05, 4.69) is 43.3 Å². The number of benzene rings is 4. The summed E-state index contributed by atoms with van der Waals surface area (Å²) in [6.07, 6.45) is 0.856. The lowest BCUT2D eigenvalue weighted by atomic mass is 9.88. The molecule has 4 aromatic carbocycles. The highest BCUT2D eigenvalue weighted by Gasteiger charge is 2.14. The van der Waals surface area contributed by atoms with E-state index in [1.807, 2.05) is 60.7 Å². The molecule has 0 heterocycles. The minimum absolute atomic E-state index is 0.375. The fourth-order valence-electron chi connectivity index (χ4n) is 3.98. The van der Waals surface area contributed by atoms with Gasteiger partial charge in [0, 0.05) is 0 Å². The summed E-state index contributed by atoms with van der Waals surface area (Å²) in [6, 6.07) is 35.1. The lowest BCUT2D eigenvalue weighted by Gasteiger charge is -2.17. The number of carbonyl (C=O) groups excluding carboxylic acids is 1. The molecule has 0 saturated carbocycles. The first kappa shape index (κ1) is 24.3. The predicted octanol–water partition coefficient (Wildman–Crippen LogP) is 7.89. The monoisotopic (exact) mass is 482 g/mol. The van der Waals surface area contributed by atoms with E-state index in [-0.39, 0.29) is 5.97 Å². The Morgan fingerprint density at radius 2 is 1.17 bits per heavy atom. The molecule has 0 atom stereocenters. The van der Waals surface area contributed by atoms with E-state index in [0.29, 0.717) is 23.8 Å². The van der Waals surface area contributed by atoms with Crippen molar-refractivity contribution in [3.63, 3.8) is 0 Å². The SMILES string of the molecule is CC/C(=C(/c1ccc(OCCCl)cc1)c1ccc(OC(=O)c2ccccc2)cc1)c1ccccc1. The van der Waals surface area contributed by atoms with Gasteiger partial charge in [0.15, 0.2) is 0 Å². The molecule has 0 bridgehead atoms. The van der Waals surface area contributed by atoms with E-state index in [1.165, 1.54) is 11.1 Å². The normalized spacial score (nSPS) is 11.5. The maximum Gasteiger partial charge on any atom is 0.343 e. The Morgan fingerprint density at radius 3 is 1.69 bits per heavy atom. The van der Waals surface area contributed by atoms with Crippen LogP contribution in [0, 0.1) is 0 Å². The van der Waals surface area contributed by atoms with E-state index in [9.17, 15) is 4.79 Å². The van der Waals surface area contributed by atoms with Crippen LogP contribution in [-0.2, 0) is 0 Å². The van der Waals surface area contributed by atoms with Crippen LogP contribution in [0.2, 0.25) is 0 Å². The van der Waals surface area contributed by atoms with Crippen molar-refractivity contribution in [2.45, 2.75) is 13.3 Å². The van der Waals surface area contributed by atoms with E-state index < -0.39 is 0 Å². The molecule has 3 nitrogen and oxygen atoms in total. The van der Waals surface area contributed by atoms with Gasteiger partial charge in [0.1, 0.15) is 18.1 Å². The van der Waals surface area contributed by atoms with Crippen LogP contribution in [0.15, 0.2) is 109 Å². The molecule has 0 unspecified atom stereocenters. The van der Waals surface area contributed by atoms with Crippen molar-refractivity contribution in [2.75, 3.05) is 12.5 Å². The average molecular weight is 483 g/mol. The molecule has 0 aromatic heterocycles. The third kappa shape index (κ3) is 6.20. The maximum absolute atomic E-state index is 12.4. The van der Waals surface area contributed by atoms with Gasteiger partial charge in [-0.1, -0.05) is 79.7 Å². The standard InChI is InChI=1S/C31H27ClO3/c1-2-29(23-9-5-3-6-10-23)30(24-13-17-27(18-14-24)34-22-21-32)25-15-19-28(20-16-25)35-31(33)26-11-7-4-8-12-26/h3-20H,2,21-22H2,1H3/b30-29+. The number of halogens is 1. The summed E-state index contributed by atoms with van der Waals surface area (Å²) in [5.74, 6) is 1.36. The van der Waals surface area contributed by atoms with Crippen molar-refractivity contribution in [3.05, 3.63) is 131 Å². The molecule has 4 rings (SSSR count). The highest BCUT2D eigenvalue weighted by molar-refractivity contribution is 6.18. The lowest BCUT2D eigenvalue weighted by molar-refractivity contribution is 0.0734. The fourth-order valence-corrected chi connectivity index (χ4v) is 4.06. The first-order valence-corrected chi connectivity index (χ1v) is 12.2. The van der Waals surface area contributed by atoms with Gasteiger partial charge in [0.25, 0.3) is 0 Å². The molecule has 35 heavy (non-hydrogen) atoms. The first-order valence-electron chi connectivity index (χ1n) is 11.6. The van der Waals surface area contributed by atoms with Crippen molar-refractivity contribution < 1.29 is 14.3 Å². The number of ether oxygens (including phenoxy) is 2. The van der Waals surface area contributed by atoms with Crippen LogP contribution < -0.4 is 9.47 Å². The van der Waals surface area contributed by atoms with Crippen molar-refractivity contribution in [3.8, 4) is 11.5 Å². The van der Waals surface area contributed by atoms with Crippen LogP contribution in [0.3, 0.4) is 0 Å². The molecule has 0 radical (unpaired) electrons. The Bertz CT molecular complexity index is 1260. The molecular formula is C31H27ClO3. The van der Waals surface area contributed by atoms with Gasteiger partial charge >= 0.3 is 5.97 Å². The molecule has 0 spiro atoms. The number of rotatable bonds is 9. The number of hydrogen-bond acceptors (Lipinski definition) is 3. The molecule has 0 aliphatic heterocycles. The zero-order valence-electron chi connectivity index (χ0n) is 19.6. The minimum Gasteiger partial charge on any atom is -0.492 e. The van der Waals surface area contributed by atoms with E-state index in [1.54, 1.807) is 12.1 Å². The largest absolute Gasteiger partial charge is 0.492 e. The molecule has 0 fully saturated rings. The van der Waals surface area contributed by atoms with Gasteiger partial charge in [-0.2, -0.15) is 0 Å². The van der Waals surface area contributed by atoms with Crippen LogP contribution in [0.1, 0.15) is 40.4 Å². The Labute approximate surface area is 211 Å². The fraction of sp³-hybridized carbons (Fsp3) is 0.129. The Balaban J connectivity index is 1.70. The summed E-state index contributed by atoms with van der Waals surface area (Å²) in [6.45, 7) is 2.63. The number of esters is 1. The summed E-state index contributed by atoms with van der Waals surface area (Å²) < 4.78 is 11.2. The topological polar surface area (TPSA) is 35.5 Å². The zero-order valence-corrected chi connectivity index (χ0v) is 20.4. The highest BCUT2D eigenvalue weighted by atomic mass is 35.5. The second kappa shape index (κ2) is 12.0. The Kier molecular flexibility index (Phi) is 8.37. The summed E-state index contributed by atoms with van der Waals surface area (Å²) in [5.41, 5.74) is 6.17. The summed E-state index contributed by atoms with van der Waals surface area (Å²) in [7, 11) is 0. The van der Waals surface area contributed by atoms with Gasteiger partial charge in [-0.25, -0.2) is 4.79 Å². The van der Waals surface area contributed by atoms with Crippen LogP contribution in [0.4, 0.5) is 0 Å². The van der Waals surface area contributed by atoms with Crippen LogP contribution in [-0.4, -0.2) is 18.5 Å². The molecule has 0 amide bonds. The first-order chi connectivity index (χ1) is 17.2. The third-order valence-corrected chi connectivity index (χ3v) is 5.78. The third-order valence-electron chi connectivity index (χ3n) is 5.63. The number of carbonyl (C=O) groups is 1. The summed E-state index contributed by atoms with van der Waals surface area (Å²) >= 11 is 5.76. The quantitative estimate of drug-likeness (QED) is 0.105. The van der Waals surface area contributed by atoms with Crippen LogP contribution in [0.5, 0.6) is 11.5 Å². The van der Waals surface area contributed by atoms with Crippen molar-refractivity contribution in [1.29, 1.82) is 0 Å². The smallest absolute Gasteiger partial charge is 0.343 e.